The van der Waals surface area contributed by atoms with Crippen LogP contribution in [0, 0.1) is 0 Å². The Morgan fingerprint density at radius 1 is 0.211 bits per heavy atom. The number of hydrogen-bond acceptors (Lipinski definition) is 14. The van der Waals surface area contributed by atoms with Gasteiger partial charge in [-0.1, -0.05) is 85.5 Å². The zero-order valence-electron chi connectivity index (χ0n) is 39.1. The zero-order chi connectivity index (χ0) is 45.6. The lowest BCUT2D eigenvalue weighted by molar-refractivity contribution is 0.192. The summed E-state index contributed by atoms with van der Waals surface area (Å²) in [6.07, 6.45) is 25.0. The fraction of sp³-hybridized carbons (Fsp3) is 1.00. The van der Waals surface area contributed by atoms with E-state index in [1.807, 2.05) is 0 Å². The normalized spacial score (nSPS) is 9.16. The highest BCUT2D eigenvalue weighted by atomic mass is 32.1. The summed E-state index contributed by atoms with van der Waals surface area (Å²) in [6, 6.07) is 0. The van der Waals surface area contributed by atoms with Gasteiger partial charge in [0.25, 0.3) is 0 Å². The molecular weight excluding hydrogens is 885 g/mol. The molecule has 0 spiro atoms. The molecule has 0 N–H and O–H groups in total. The van der Waals surface area contributed by atoms with E-state index in [9.17, 15) is 0 Å². The summed E-state index contributed by atoms with van der Waals surface area (Å²) in [5, 5.41) is 0. The fourth-order valence-corrected chi connectivity index (χ4v) is 4.71. The van der Waals surface area contributed by atoms with Gasteiger partial charge >= 0.3 is 0 Å². The Morgan fingerprint density at radius 3 is 0.649 bits per heavy atom. The first-order valence-electron chi connectivity index (χ1n) is 21.7. The predicted octanol–water partition coefficient (Wildman–Crippen LogP) is 14.4. The molecule has 0 atom stereocenters. The highest BCUT2D eigenvalue weighted by Crippen LogP contribution is 2.00. The third kappa shape index (κ3) is 176. The van der Waals surface area contributed by atoms with Gasteiger partial charge in [0, 0.05) is 67.7 Å². The van der Waals surface area contributed by atoms with E-state index < -0.39 is 0 Å². The van der Waals surface area contributed by atoms with Gasteiger partial charge in [-0.3, -0.25) is 0 Å². The van der Waals surface area contributed by atoms with Gasteiger partial charge < -0.3 is 23.7 Å². The summed E-state index contributed by atoms with van der Waals surface area (Å²) in [7, 11) is 8.57. The summed E-state index contributed by atoms with van der Waals surface area (Å²) in [6.45, 7) is 13.0. The molecule has 0 aliphatic carbocycles. The maximum Gasteiger partial charge on any atom is 0.0550 e. The number of methoxy groups -OCH3 is 5. The van der Waals surface area contributed by atoms with Crippen LogP contribution >= 0.6 is 114 Å². The van der Waals surface area contributed by atoms with Crippen LogP contribution in [-0.4, -0.2) is 120 Å². The Labute approximate surface area is 410 Å². The summed E-state index contributed by atoms with van der Waals surface area (Å²) in [4.78, 5) is 0. The Balaban J connectivity index is -0.0000000656. The van der Waals surface area contributed by atoms with Crippen LogP contribution in [0.15, 0.2) is 0 Å². The van der Waals surface area contributed by atoms with Crippen LogP contribution in [0.4, 0.5) is 0 Å². The third-order valence-electron chi connectivity index (χ3n) is 6.33. The molecule has 0 aromatic rings. The van der Waals surface area contributed by atoms with E-state index in [1.165, 1.54) is 109 Å². The molecule has 0 bridgehead atoms. The van der Waals surface area contributed by atoms with Gasteiger partial charge in [-0.2, -0.15) is 114 Å². The minimum atomic E-state index is 0.753. The van der Waals surface area contributed by atoms with Crippen LogP contribution in [0.2, 0.25) is 0 Å². The summed E-state index contributed by atoms with van der Waals surface area (Å²) >= 11 is 36.2. The van der Waals surface area contributed by atoms with Crippen LogP contribution < -0.4 is 0 Å². The molecule has 0 rings (SSSR count). The molecule has 0 aromatic heterocycles. The fourth-order valence-electron chi connectivity index (χ4n) is 2.96. The lowest BCUT2D eigenvalue weighted by Crippen LogP contribution is -1.87. The topological polar surface area (TPSA) is 46.2 Å². The molecule has 0 amide bonds. The Morgan fingerprint density at radius 2 is 0.439 bits per heavy atom. The average Bonchev–Trinajstić information content (AvgIpc) is 3.23. The molecule has 0 aromatic carbocycles. The van der Waals surface area contributed by atoms with Gasteiger partial charge in [-0.05, 0) is 117 Å². The van der Waals surface area contributed by atoms with Crippen molar-refractivity contribution < 1.29 is 23.7 Å². The van der Waals surface area contributed by atoms with Gasteiger partial charge in [0.05, 0.1) is 6.61 Å². The highest BCUT2D eigenvalue weighted by molar-refractivity contribution is 7.81. The molecule has 360 valence electrons. The molecule has 0 aliphatic heterocycles. The van der Waals surface area contributed by atoms with Gasteiger partial charge in [0.15, 0.2) is 0 Å². The van der Waals surface area contributed by atoms with Gasteiger partial charge in [-0.15, -0.1) is 0 Å². The first kappa shape index (κ1) is 80.3. The maximum absolute atomic E-state index is 4.90. The second-order valence-electron chi connectivity index (χ2n) is 12.1. The molecule has 5 nitrogen and oxygen atoms in total. The minimum Gasteiger partial charge on any atom is -0.385 e. The lowest BCUT2D eigenvalue weighted by Gasteiger charge is -1.96. The second-order valence-corrected chi connectivity index (χ2v) is 16.2. The van der Waals surface area contributed by atoms with Gasteiger partial charge in [0.1, 0.15) is 0 Å². The van der Waals surface area contributed by atoms with E-state index in [-0.39, 0.29) is 0 Å². The molecule has 0 saturated carbocycles. The van der Waals surface area contributed by atoms with Crippen molar-refractivity contribution in [3.63, 3.8) is 0 Å². The molecule has 0 heterocycles. The van der Waals surface area contributed by atoms with Crippen molar-refractivity contribution in [3.8, 4) is 0 Å². The van der Waals surface area contributed by atoms with E-state index in [0.717, 1.165) is 104 Å². The second kappa shape index (κ2) is 112. The van der Waals surface area contributed by atoms with Gasteiger partial charge in [-0.25, -0.2) is 0 Å². The number of hydrogen-bond donors (Lipinski definition) is 9. The van der Waals surface area contributed by atoms with Crippen LogP contribution in [0.1, 0.15) is 156 Å². The molecule has 14 heteroatoms. The number of thiol groups is 9. The zero-order valence-corrected chi connectivity index (χ0v) is 47.2. The van der Waals surface area contributed by atoms with E-state index in [0.29, 0.717) is 0 Å². The average molecular weight is 990 g/mol. The number of ether oxygens (including phenoxy) is 5. The SMILES string of the molecule is CCCCCCS.CCCCCS.CCCCS.CCCS.COCCCCCCS.COCCCCCS.COCCCCS.COCCCS.COCCS. The quantitative estimate of drug-likeness (QED) is 0.0265. The minimum absolute atomic E-state index is 0.753. The first-order valence-corrected chi connectivity index (χ1v) is 27.4. The Hall–Kier alpha value is 2.95. The van der Waals surface area contributed by atoms with Crippen molar-refractivity contribution in [2.45, 2.75) is 156 Å². The number of unbranched alkanes of at least 4 members (excludes halogenated alkanes) is 12. The van der Waals surface area contributed by atoms with E-state index in [1.54, 1.807) is 35.5 Å². The van der Waals surface area contributed by atoms with Crippen molar-refractivity contribution in [2.24, 2.45) is 0 Å². The van der Waals surface area contributed by atoms with Crippen molar-refractivity contribution >= 4 is 114 Å². The van der Waals surface area contributed by atoms with Crippen molar-refractivity contribution in [1.82, 2.24) is 0 Å². The van der Waals surface area contributed by atoms with Crippen LogP contribution in [0.3, 0.4) is 0 Å². The molecule has 0 saturated heterocycles. The summed E-state index contributed by atoms with van der Waals surface area (Å²) < 4.78 is 23.9. The molecule has 0 aliphatic rings. The Kier molecular flexibility index (Phi) is 158. The largest absolute Gasteiger partial charge is 0.385 e. The maximum atomic E-state index is 4.90. The van der Waals surface area contributed by atoms with Crippen LogP contribution in [-0.2, 0) is 23.7 Å². The van der Waals surface area contributed by atoms with Crippen molar-refractivity contribution in [2.75, 3.05) is 120 Å². The van der Waals surface area contributed by atoms with Crippen LogP contribution in [0.5, 0.6) is 0 Å². The van der Waals surface area contributed by atoms with Crippen molar-refractivity contribution in [3.05, 3.63) is 0 Å². The summed E-state index contributed by atoms with van der Waals surface area (Å²) in [5.41, 5.74) is 0. The van der Waals surface area contributed by atoms with Crippen molar-refractivity contribution in [1.29, 1.82) is 0 Å². The summed E-state index contributed by atoms with van der Waals surface area (Å²) in [5.74, 6) is 8.90. The van der Waals surface area contributed by atoms with E-state index in [2.05, 4.69) is 146 Å². The molecular formula is C43H104O5S9. The lowest BCUT2D eigenvalue weighted by atomic mass is 10.2. The predicted molar refractivity (Wildman–Crippen MR) is 299 cm³/mol. The molecule has 0 unspecified atom stereocenters. The monoisotopic (exact) mass is 989 g/mol. The molecule has 0 radical (unpaired) electrons. The molecule has 0 fully saturated rings. The molecule has 57 heavy (non-hydrogen) atoms. The van der Waals surface area contributed by atoms with Crippen LogP contribution in [0.25, 0.3) is 0 Å². The van der Waals surface area contributed by atoms with E-state index >= 15 is 0 Å². The Bertz CT molecular complexity index is 413. The van der Waals surface area contributed by atoms with E-state index in [4.69, 9.17) is 18.9 Å². The van der Waals surface area contributed by atoms with Gasteiger partial charge in [0.2, 0.25) is 0 Å². The number of rotatable bonds is 30. The standard InChI is InChI=1S/C7H16OS.C6H14OS.C6H14S.C5H12OS.C5H12S.C4H10OS.C4H10S.C3H8OS.C3H8S/c1-8-6-4-2-3-5-7-9;1-7-5-3-2-4-6-8;1-2-3-4-5-6-7;1-6-4-2-3-5-7;1-2-3-4-5-6;1-5-3-2-4-6;1-2-3-4-5;1-4-2-3-5;1-2-3-4/h9H,2-7H2,1H3;8H,2-6H2,1H3;7H,2-6H2,1H3;7H,2-5H2,1H3;6H,2-5H2,1H3;6H,2-4H2,1H3;5H,2-4H2,1H3;5H,2-3H2,1H3;4H,2-3H2,1H3. The smallest absolute Gasteiger partial charge is 0.0550 e. The first-order chi connectivity index (χ1) is 27.7. The highest BCUT2D eigenvalue weighted by Gasteiger charge is 1.86. The third-order valence-corrected chi connectivity index (χ3v) is 9.17.